The summed E-state index contributed by atoms with van der Waals surface area (Å²) in [5, 5.41) is 9.63. The molecule has 0 saturated carbocycles. The van der Waals surface area contributed by atoms with Crippen LogP contribution in [-0.4, -0.2) is 22.1 Å². The van der Waals surface area contributed by atoms with E-state index in [4.69, 9.17) is 5.73 Å². The zero-order chi connectivity index (χ0) is 13.7. The molecule has 4 N–H and O–H groups in total. The molecule has 0 spiro atoms. The predicted octanol–water partition coefficient (Wildman–Crippen LogP) is 2.56. The van der Waals surface area contributed by atoms with Crippen molar-refractivity contribution in [2.75, 3.05) is 5.32 Å². The first-order valence-electron chi connectivity index (χ1n) is 6.37. The standard InChI is InChI=1S/C14H18N4O.ClH/c1-2-4-12(15)14(19)17-11-6-3-5-10(9-11)13-7-8-16-18-13;/h3,5-9,12H,2,4,15H2,1H3,(H,16,18)(H,17,19);1H. The van der Waals surface area contributed by atoms with E-state index in [1.54, 1.807) is 6.20 Å². The highest BCUT2D eigenvalue weighted by atomic mass is 35.5. The van der Waals surface area contributed by atoms with Crippen LogP contribution in [0.5, 0.6) is 0 Å². The van der Waals surface area contributed by atoms with Gasteiger partial charge in [0.2, 0.25) is 5.91 Å². The van der Waals surface area contributed by atoms with Crippen LogP contribution in [0.1, 0.15) is 19.8 Å². The number of nitrogens with two attached hydrogens (primary N) is 1. The molecule has 20 heavy (non-hydrogen) atoms. The van der Waals surface area contributed by atoms with Gasteiger partial charge < -0.3 is 11.1 Å². The number of amides is 1. The van der Waals surface area contributed by atoms with Gasteiger partial charge in [-0.15, -0.1) is 12.4 Å². The van der Waals surface area contributed by atoms with E-state index in [1.165, 1.54) is 0 Å². The van der Waals surface area contributed by atoms with Crippen molar-refractivity contribution in [2.24, 2.45) is 5.73 Å². The number of aromatic amines is 1. The largest absolute Gasteiger partial charge is 0.325 e. The highest BCUT2D eigenvalue weighted by Gasteiger charge is 2.12. The van der Waals surface area contributed by atoms with Gasteiger partial charge in [-0.25, -0.2) is 0 Å². The Balaban J connectivity index is 0.00000200. The van der Waals surface area contributed by atoms with Gasteiger partial charge in [0, 0.05) is 17.4 Å². The van der Waals surface area contributed by atoms with Crippen molar-refractivity contribution in [3.05, 3.63) is 36.5 Å². The second-order valence-corrected chi connectivity index (χ2v) is 4.44. The summed E-state index contributed by atoms with van der Waals surface area (Å²) < 4.78 is 0. The minimum atomic E-state index is -0.458. The van der Waals surface area contributed by atoms with Gasteiger partial charge in [-0.2, -0.15) is 5.10 Å². The number of hydrogen-bond acceptors (Lipinski definition) is 3. The van der Waals surface area contributed by atoms with Crippen molar-refractivity contribution in [2.45, 2.75) is 25.8 Å². The van der Waals surface area contributed by atoms with Gasteiger partial charge in [-0.05, 0) is 24.6 Å². The highest BCUT2D eigenvalue weighted by Crippen LogP contribution is 2.20. The van der Waals surface area contributed by atoms with E-state index in [0.717, 1.165) is 23.4 Å². The minimum Gasteiger partial charge on any atom is -0.325 e. The summed E-state index contributed by atoms with van der Waals surface area (Å²) in [6.07, 6.45) is 3.27. The first kappa shape index (κ1) is 16.2. The van der Waals surface area contributed by atoms with Crippen molar-refractivity contribution in [3.63, 3.8) is 0 Å². The normalized spacial score (nSPS) is 11.5. The second kappa shape index (κ2) is 7.67. The van der Waals surface area contributed by atoms with Gasteiger partial charge >= 0.3 is 0 Å². The Labute approximate surface area is 124 Å². The maximum atomic E-state index is 11.8. The molecule has 0 radical (unpaired) electrons. The molecule has 0 bridgehead atoms. The molecule has 1 aromatic heterocycles. The Morgan fingerprint density at radius 2 is 2.25 bits per heavy atom. The van der Waals surface area contributed by atoms with E-state index < -0.39 is 6.04 Å². The summed E-state index contributed by atoms with van der Waals surface area (Å²) in [5.41, 5.74) is 8.40. The third-order valence-electron chi connectivity index (χ3n) is 2.88. The number of halogens is 1. The monoisotopic (exact) mass is 294 g/mol. The van der Waals surface area contributed by atoms with Crippen LogP contribution in [0.15, 0.2) is 36.5 Å². The van der Waals surface area contributed by atoms with E-state index >= 15 is 0 Å². The number of carbonyl (C=O) groups is 1. The molecular weight excluding hydrogens is 276 g/mol. The van der Waals surface area contributed by atoms with Crippen molar-refractivity contribution in [1.82, 2.24) is 10.2 Å². The van der Waals surface area contributed by atoms with Crippen LogP contribution in [0.4, 0.5) is 5.69 Å². The summed E-state index contributed by atoms with van der Waals surface area (Å²) >= 11 is 0. The van der Waals surface area contributed by atoms with Gasteiger partial charge in [0.15, 0.2) is 0 Å². The number of anilines is 1. The van der Waals surface area contributed by atoms with Crippen LogP contribution in [0.3, 0.4) is 0 Å². The first-order chi connectivity index (χ1) is 9.20. The van der Waals surface area contributed by atoms with Gasteiger partial charge in [-0.1, -0.05) is 25.5 Å². The van der Waals surface area contributed by atoms with E-state index in [0.29, 0.717) is 6.42 Å². The van der Waals surface area contributed by atoms with Crippen LogP contribution < -0.4 is 11.1 Å². The molecule has 108 valence electrons. The lowest BCUT2D eigenvalue weighted by molar-refractivity contribution is -0.117. The van der Waals surface area contributed by atoms with E-state index in [2.05, 4.69) is 15.5 Å². The van der Waals surface area contributed by atoms with Crippen LogP contribution in [0.25, 0.3) is 11.3 Å². The molecule has 2 aromatic rings. The van der Waals surface area contributed by atoms with E-state index in [9.17, 15) is 4.79 Å². The quantitative estimate of drug-likeness (QED) is 0.792. The summed E-state index contributed by atoms with van der Waals surface area (Å²) in [6.45, 7) is 2.01. The molecule has 0 aliphatic rings. The Morgan fingerprint density at radius 1 is 1.45 bits per heavy atom. The smallest absolute Gasteiger partial charge is 0.241 e. The Kier molecular flexibility index (Phi) is 6.21. The van der Waals surface area contributed by atoms with Gasteiger partial charge in [-0.3, -0.25) is 9.89 Å². The predicted molar refractivity (Wildman–Crippen MR) is 82.8 cm³/mol. The molecule has 0 saturated heterocycles. The summed E-state index contributed by atoms with van der Waals surface area (Å²) in [5.74, 6) is -0.149. The van der Waals surface area contributed by atoms with Crippen LogP contribution in [-0.2, 0) is 4.79 Å². The lowest BCUT2D eigenvalue weighted by Gasteiger charge is -2.11. The highest BCUT2D eigenvalue weighted by molar-refractivity contribution is 5.95. The molecule has 2 rings (SSSR count). The van der Waals surface area contributed by atoms with Crippen molar-refractivity contribution in [1.29, 1.82) is 0 Å². The third-order valence-corrected chi connectivity index (χ3v) is 2.88. The van der Waals surface area contributed by atoms with Gasteiger partial charge in [0.1, 0.15) is 0 Å². The number of rotatable bonds is 5. The van der Waals surface area contributed by atoms with Crippen LogP contribution >= 0.6 is 12.4 Å². The maximum absolute atomic E-state index is 11.8. The number of carbonyl (C=O) groups excluding carboxylic acids is 1. The van der Waals surface area contributed by atoms with Crippen molar-refractivity contribution >= 4 is 24.0 Å². The molecule has 0 aliphatic heterocycles. The van der Waals surface area contributed by atoms with Gasteiger partial charge in [0.25, 0.3) is 0 Å². The number of hydrogen-bond donors (Lipinski definition) is 3. The third kappa shape index (κ3) is 4.08. The fourth-order valence-corrected chi connectivity index (χ4v) is 1.86. The number of aromatic nitrogens is 2. The SMILES string of the molecule is CCCC(N)C(=O)Nc1cccc(-c2ccn[nH]2)c1.Cl. The second-order valence-electron chi connectivity index (χ2n) is 4.44. The molecule has 1 aromatic carbocycles. The lowest BCUT2D eigenvalue weighted by Crippen LogP contribution is -2.35. The molecular formula is C14H19ClN4O. The number of benzene rings is 1. The van der Waals surface area contributed by atoms with Crippen LogP contribution in [0, 0.1) is 0 Å². The fraction of sp³-hybridized carbons (Fsp3) is 0.286. The summed E-state index contributed by atoms with van der Waals surface area (Å²) in [7, 11) is 0. The summed E-state index contributed by atoms with van der Waals surface area (Å²) in [6, 6.07) is 9.00. The molecule has 0 fully saturated rings. The zero-order valence-electron chi connectivity index (χ0n) is 11.3. The van der Waals surface area contributed by atoms with Crippen LogP contribution in [0.2, 0.25) is 0 Å². The molecule has 1 unspecified atom stereocenters. The average Bonchev–Trinajstić information content (AvgIpc) is 2.93. The lowest BCUT2D eigenvalue weighted by atomic mass is 10.1. The number of nitrogens with one attached hydrogen (secondary N) is 2. The molecule has 0 aliphatic carbocycles. The van der Waals surface area contributed by atoms with Gasteiger partial charge in [0.05, 0.1) is 11.7 Å². The molecule has 6 heteroatoms. The zero-order valence-corrected chi connectivity index (χ0v) is 12.1. The Morgan fingerprint density at radius 3 is 2.90 bits per heavy atom. The molecule has 1 atom stereocenters. The summed E-state index contributed by atoms with van der Waals surface area (Å²) in [4.78, 5) is 11.8. The molecule has 1 amide bonds. The average molecular weight is 295 g/mol. The maximum Gasteiger partial charge on any atom is 0.241 e. The Hall–Kier alpha value is -1.85. The number of H-pyrrole nitrogens is 1. The van der Waals surface area contributed by atoms with E-state index in [-0.39, 0.29) is 18.3 Å². The van der Waals surface area contributed by atoms with E-state index in [1.807, 2.05) is 37.3 Å². The Bertz CT molecular complexity index is 542. The number of nitrogens with zero attached hydrogens (tertiary/aromatic N) is 1. The topological polar surface area (TPSA) is 83.8 Å². The van der Waals surface area contributed by atoms with Crippen molar-refractivity contribution < 1.29 is 4.79 Å². The molecule has 5 nitrogen and oxygen atoms in total. The molecule has 1 heterocycles. The van der Waals surface area contributed by atoms with Crippen molar-refractivity contribution in [3.8, 4) is 11.3 Å². The fourth-order valence-electron chi connectivity index (χ4n) is 1.86. The first-order valence-corrected chi connectivity index (χ1v) is 6.37. The minimum absolute atomic E-state index is 0.